The van der Waals surface area contributed by atoms with E-state index in [9.17, 15) is 84.2 Å². The summed E-state index contributed by atoms with van der Waals surface area (Å²) >= 11 is 0. The number of carbonyl (C=O) groups excluding carboxylic acids is 12. The fourth-order valence-electron chi connectivity index (χ4n) is 13.1. The molecular formula is C93H81F3N8O19S. The molecule has 0 saturated carbocycles. The Balaban J connectivity index is 0.000000150. The topological polar surface area (TPSA) is 385 Å². The second-order valence-corrected chi connectivity index (χ2v) is 29.7. The van der Waals surface area contributed by atoms with E-state index in [1.54, 1.807) is 245 Å². The van der Waals surface area contributed by atoms with Crippen LogP contribution in [-0.2, 0) is 50.1 Å². The highest BCUT2D eigenvalue weighted by Gasteiger charge is 2.49. The number of phenols is 1. The van der Waals surface area contributed by atoms with Crippen molar-refractivity contribution in [2.75, 3.05) is 62.6 Å². The van der Waals surface area contributed by atoms with Gasteiger partial charge in [-0.05, 0) is 195 Å². The summed E-state index contributed by atoms with van der Waals surface area (Å²) in [6, 6.07) is 73.0. The summed E-state index contributed by atoms with van der Waals surface area (Å²) in [4.78, 5) is 150. The molecule has 634 valence electrons. The first kappa shape index (κ1) is 89.7. The Morgan fingerprint density at radius 1 is 0.419 bits per heavy atom. The summed E-state index contributed by atoms with van der Waals surface area (Å²) in [6.45, 7) is 3.97. The van der Waals surface area contributed by atoms with E-state index in [-0.39, 0.29) is 72.5 Å². The third kappa shape index (κ3) is 21.9. The molecule has 1 atom stereocenters. The predicted octanol–water partition coefficient (Wildman–Crippen LogP) is 14.1. The average Bonchev–Trinajstić information content (AvgIpc) is 1.64. The SMILES string of the molecule is CC1CCCO1.COC.Nc1ccccc1NC(=O)c1ccc(CCN2C(=O)c3ccccc3C2=O)cc1.Nc1ccccc1NC(=O)c1ccc(CN2C(=O)c3ccccc3C2=O)cc1.O=C1OC(=O)c2ccccc21.O=C1c2ccccc2C(=O)N1CCc1ccc(O)cc1.O=C1c2ccccc2C(=O)N1CCc1ccc(OS(=O)(=O)C(F)(F)F)cc1. The number of cyclic esters (lactones) is 2. The van der Waals surface area contributed by atoms with Crippen molar-refractivity contribution in [2.45, 2.75) is 57.2 Å². The highest BCUT2D eigenvalue weighted by atomic mass is 32.2. The number of hydrogen-bond donors (Lipinski definition) is 5. The molecule has 27 nitrogen and oxygen atoms in total. The van der Waals surface area contributed by atoms with Crippen molar-refractivity contribution >= 4 is 104 Å². The number of ether oxygens (including phenoxy) is 3. The molecule has 124 heavy (non-hydrogen) atoms. The molecule has 11 aromatic rings. The molecule has 0 aromatic heterocycles. The summed E-state index contributed by atoms with van der Waals surface area (Å²) < 4.78 is 76.6. The number of nitrogens with one attached hydrogen (secondary N) is 2. The maximum atomic E-state index is 12.5. The number of esters is 2. The number of carbonyl (C=O) groups is 12. The van der Waals surface area contributed by atoms with Crippen LogP contribution in [0.4, 0.5) is 35.9 Å². The number of hydrogen-bond acceptors (Lipinski definition) is 21. The van der Waals surface area contributed by atoms with Gasteiger partial charge in [-0.3, -0.25) is 67.5 Å². The summed E-state index contributed by atoms with van der Waals surface area (Å²) in [5, 5.41) is 14.8. The molecule has 1 saturated heterocycles. The first-order valence-electron chi connectivity index (χ1n) is 38.5. The van der Waals surface area contributed by atoms with Gasteiger partial charge in [-0.1, -0.05) is 133 Å². The Morgan fingerprint density at radius 2 is 0.702 bits per heavy atom. The first-order chi connectivity index (χ1) is 59.4. The Morgan fingerprint density at radius 3 is 0.992 bits per heavy atom. The van der Waals surface area contributed by atoms with Crippen molar-refractivity contribution in [3.8, 4) is 11.5 Å². The van der Waals surface area contributed by atoms with Gasteiger partial charge < -0.3 is 45.6 Å². The van der Waals surface area contributed by atoms with Gasteiger partial charge in [0.1, 0.15) is 11.5 Å². The van der Waals surface area contributed by atoms with E-state index in [4.69, 9.17) is 16.2 Å². The number of nitrogen functional groups attached to an aromatic ring is 2. The van der Waals surface area contributed by atoms with Crippen LogP contribution in [0.2, 0.25) is 0 Å². The summed E-state index contributed by atoms with van der Waals surface area (Å²) in [5.41, 5.74) is 16.5. The lowest BCUT2D eigenvalue weighted by Crippen LogP contribution is -2.31. The summed E-state index contributed by atoms with van der Waals surface area (Å²) in [5.74, 6) is -4.34. The monoisotopic (exact) mass is 1700 g/mol. The van der Waals surface area contributed by atoms with Crippen LogP contribution in [0.15, 0.2) is 267 Å². The molecule has 6 aliphatic rings. The number of halogens is 3. The highest BCUT2D eigenvalue weighted by Crippen LogP contribution is 2.32. The Hall–Kier alpha value is -15.1. The molecule has 0 bridgehead atoms. The van der Waals surface area contributed by atoms with Gasteiger partial charge in [0.2, 0.25) is 0 Å². The number of anilines is 4. The number of nitrogens with zero attached hydrogens (tertiary/aromatic N) is 4. The maximum absolute atomic E-state index is 12.5. The van der Waals surface area contributed by atoms with Gasteiger partial charge in [0.25, 0.3) is 59.1 Å². The van der Waals surface area contributed by atoms with E-state index >= 15 is 0 Å². The van der Waals surface area contributed by atoms with Crippen LogP contribution < -0.4 is 26.3 Å². The molecule has 0 aliphatic carbocycles. The number of methoxy groups -OCH3 is 1. The van der Waals surface area contributed by atoms with Crippen LogP contribution in [0.25, 0.3) is 0 Å². The molecule has 7 N–H and O–H groups in total. The van der Waals surface area contributed by atoms with Crippen LogP contribution in [-0.4, -0.2) is 156 Å². The number of phenolic OH excluding ortho intramolecular Hbond substituents is 1. The molecule has 6 heterocycles. The zero-order chi connectivity index (χ0) is 88.9. The molecule has 31 heteroatoms. The van der Waals surface area contributed by atoms with Gasteiger partial charge >= 0.3 is 27.6 Å². The van der Waals surface area contributed by atoms with Crippen molar-refractivity contribution in [1.82, 2.24) is 19.6 Å². The minimum absolute atomic E-state index is 0.0768. The molecule has 1 fully saturated rings. The first-order valence-corrected chi connectivity index (χ1v) is 39.9. The highest BCUT2D eigenvalue weighted by molar-refractivity contribution is 7.88. The van der Waals surface area contributed by atoms with Crippen molar-refractivity contribution in [1.29, 1.82) is 0 Å². The van der Waals surface area contributed by atoms with E-state index in [0.29, 0.717) is 127 Å². The average molecular weight is 1700 g/mol. The Bertz CT molecular complexity index is 5810. The van der Waals surface area contributed by atoms with E-state index in [2.05, 4.69) is 31.2 Å². The normalized spacial score (nSPS) is 14.3. The lowest BCUT2D eigenvalue weighted by atomic mass is 10.1. The van der Waals surface area contributed by atoms with Crippen LogP contribution in [0.3, 0.4) is 0 Å². The number of imide groups is 4. The number of benzene rings is 11. The van der Waals surface area contributed by atoms with E-state index in [1.807, 2.05) is 12.1 Å². The number of nitrogens with two attached hydrogens (primary N) is 2. The number of fused-ring (bicyclic) bond motifs is 5. The Kier molecular flexibility index (Phi) is 29.5. The van der Waals surface area contributed by atoms with E-state index in [1.165, 1.54) is 39.7 Å². The number of alkyl halides is 3. The quantitative estimate of drug-likeness (QED) is 0.0141. The molecular weight excluding hydrogens is 1620 g/mol. The van der Waals surface area contributed by atoms with Crippen LogP contribution in [0, 0.1) is 0 Å². The molecule has 0 spiro atoms. The van der Waals surface area contributed by atoms with E-state index < -0.39 is 45.1 Å². The maximum Gasteiger partial charge on any atom is 0.534 e. The second-order valence-electron chi connectivity index (χ2n) is 28.1. The molecule has 10 amide bonds. The zero-order valence-electron chi connectivity index (χ0n) is 66.8. The molecule has 1 unspecified atom stereocenters. The van der Waals surface area contributed by atoms with Crippen LogP contribution >= 0.6 is 0 Å². The number of rotatable bonds is 17. The van der Waals surface area contributed by atoms with Gasteiger partial charge in [-0.25, -0.2) is 9.59 Å². The van der Waals surface area contributed by atoms with Crippen molar-refractivity contribution in [3.05, 3.63) is 356 Å². The van der Waals surface area contributed by atoms with Gasteiger partial charge in [-0.2, -0.15) is 21.6 Å². The minimum Gasteiger partial charge on any atom is -0.508 e. The second kappa shape index (κ2) is 40.8. The lowest BCUT2D eigenvalue weighted by molar-refractivity contribution is -0.0500. The third-order valence-electron chi connectivity index (χ3n) is 19.6. The Labute approximate surface area is 709 Å². The minimum atomic E-state index is -5.73. The summed E-state index contributed by atoms with van der Waals surface area (Å²) in [6.07, 6.45) is 4.41. The number of amides is 10. The molecule has 6 aliphatic heterocycles. The van der Waals surface area contributed by atoms with Gasteiger partial charge in [0, 0.05) is 51.6 Å². The predicted molar refractivity (Wildman–Crippen MR) is 452 cm³/mol. The van der Waals surface area contributed by atoms with Crippen LogP contribution in [0.1, 0.15) is 166 Å². The van der Waals surface area contributed by atoms with Gasteiger partial charge in [0.05, 0.1) is 91.0 Å². The lowest BCUT2D eigenvalue weighted by Gasteiger charge is -2.14. The zero-order valence-corrected chi connectivity index (χ0v) is 67.6. The third-order valence-corrected chi connectivity index (χ3v) is 20.6. The largest absolute Gasteiger partial charge is 0.534 e. The van der Waals surface area contributed by atoms with Crippen molar-refractivity contribution in [2.24, 2.45) is 0 Å². The van der Waals surface area contributed by atoms with Gasteiger partial charge in [-0.15, -0.1) is 0 Å². The molecule has 11 aromatic carbocycles. The molecule has 17 rings (SSSR count). The van der Waals surface area contributed by atoms with Crippen molar-refractivity contribution in [3.63, 3.8) is 0 Å². The smallest absolute Gasteiger partial charge is 0.508 e. The fourth-order valence-corrected chi connectivity index (χ4v) is 13.6. The van der Waals surface area contributed by atoms with Crippen LogP contribution in [0.5, 0.6) is 11.5 Å². The van der Waals surface area contributed by atoms with E-state index in [0.717, 1.165) is 40.3 Å². The van der Waals surface area contributed by atoms with Gasteiger partial charge in [0.15, 0.2) is 0 Å². The van der Waals surface area contributed by atoms with Crippen molar-refractivity contribution < 1.29 is 103 Å². The number of aromatic hydroxyl groups is 1. The summed E-state index contributed by atoms with van der Waals surface area (Å²) in [7, 11) is -2.48. The number of para-hydroxylation sites is 4. The standard InChI is InChI=1S/C23H19N3O3.C22H17N3O3.C17H12F3NO5S.C16H13NO3.C8H4O3.C5H10O.C2H6O/c24-19-7-3-4-8-20(19)25-21(27)16-11-9-15(10-12-16)13-14-26-22(28)17-5-1-2-6-18(17)23(26)29;23-18-7-3-4-8-19(18)24-20(26)15-11-9-14(10-12-15)13-25-21(27)16-5-1-2-6-17(16)22(25)28;18-17(19,20)27(24,25)26-12-7-5-11(6-8-12)9-10-21-15(22)13-3-1-2-4-14(13)16(21)23;18-12-7-5-11(6-8-12)9-10-17-15(19)13-3-1-2-4-14(13)16(17)20;9-7-5-3-1-2-4-6(5)8(10)11-7;1-5-3-2-4-6-5;1-3-2/h1-12H,13-14,24H2,(H,25,27);1-12H,13,23H2,(H,24,26);1-8H,9-10H2;1-8,18H,9-10H2;1-4H;5H,2-4H2,1H3;1-2H3. The molecule has 0 radical (unpaired) electrons. The fraction of sp³-hybridized carbons (Fsp3) is 0.161.